The van der Waals surface area contributed by atoms with E-state index in [9.17, 15) is 24.3 Å². The summed E-state index contributed by atoms with van der Waals surface area (Å²) in [6.07, 6.45) is 1.48. The van der Waals surface area contributed by atoms with Crippen LogP contribution in [0.5, 0.6) is 5.75 Å². The molecule has 0 spiro atoms. The highest BCUT2D eigenvalue weighted by Gasteiger charge is 2.43. The van der Waals surface area contributed by atoms with Gasteiger partial charge in [-0.3, -0.25) is 9.59 Å². The topological polar surface area (TPSA) is 204 Å². The highest BCUT2D eigenvalue weighted by atomic mass is 16.5. The van der Waals surface area contributed by atoms with Crippen molar-refractivity contribution in [2.75, 3.05) is 20.8 Å². The number of hydrogen-bond acceptors (Lipinski definition) is 9. The second-order valence-corrected chi connectivity index (χ2v) is 18.3. The van der Waals surface area contributed by atoms with Crippen molar-refractivity contribution < 1.29 is 38.5 Å². The van der Waals surface area contributed by atoms with Crippen LogP contribution in [0.1, 0.15) is 104 Å². The summed E-state index contributed by atoms with van der Waals surface area (Å²) >= 11 is 0. The number of carbonyl (C=O) groups is 4. The number of aromatic amines is 2. The number of benzene rings is 3. The van der Waals surface area contributed by atoms with E-state index in [4.69, 9.17) is 24.2 Å². The van der Waals surface area contributed by atoms with Crippen molar-refractivity contribution in [1.82, 2.24) is 40.4 Å². The zero-order valence-corrected chi connectivity index (χ0v) is 38.4. The van der Waals surface area contributed by atoms with Crippen molar-refractivity contribution in [1.29, 1.82) is 0 Å². The first-order valence-electron chi connectivity index (χ1n) is 22.0. The maximum atomic E-state index is 14.0. The minimum Gasteiger partial charge on any atom is -0.488 e. The van der Waals surface area contributed by atoms with Gasteiger partial charge in [0.25, 0.3) is 0 Å². The summed E-state index contributed by atoms with van der Waals surface area (Å²) in [5.74, 6) is 3.00. The number of fused-ring (bicyclic) bond motifs is 6. The highest BCUT2D eigenvalue weighted by Crippen LogP contribution is 2.44. The molecule has 2 saturated heterocycles. The molecule has 3 aromatic carbocycles. The number of hydrogen-bond donors (Lipinski definition) is 5. The molecule has 7 atom stereocenters. The normalized spacial score (nSPS) is 20.6. The van der Waals surface area contributed by atoms with Gasteiger partial charge >= 0.3 is 12.2 Å². The van der Waals surface area contributed by atoms with E-state index in [2.05, 4.69) is 78.6 Å². The average molecular weight is 878 g/mol. The molecule has 0 bridgehead atoms. The van der Waals surface area contributed by atoms with Gasteiger partial charge in [0.1, 0.15) is 36.1 Å². The van der Waals surface area contributed by atoms with Gasteiger partial charge in [-0.1, -0.05) is 59.7 Å². The van der Waals surface area contributed by atoms with E-state index >= 15 is 0 Å². The largest absolute Gasteiger partial charge is 0.488 e. The molecule has 0 unspecified atom stereocenters. The monoisotopic (exact) mass is 877 g/mol. The van der Waals surface area contributed by atoms with E-state index in [1.54, 1.807) is 22.9 Å². The Bertz CT molecular complexity index is 2530. The van der Waals surface area contributed by atoms with Crippen molar-refractivity contribution in [3.05, 3.63) is 71.8 Å². The highest BCUT2D eigenvalue weighted by molar-refractivity contribution is 6.07. The lowest BCUT2D eigenvalue weighted by Gasteiger charge is -2.32. The maximum Gasteiger partial charge on any atom is 0.407 e. The lowest BCUT2D eigenvalue weighted by atomic mass is 9.92. The Balaban J connectivity index is 0.00000147. The molecule has 5 heterocycles. The summed E-state index contributed by atoms with van der Waals surface area (Å²) in [6.45, 7) is 16.6. The number of ether oxygens (including phenoxy) is 3. The first-order chi connectivity index (χ1) is 30.5. The Hall–Kier alpha value is -6.16. The summed E-state index contributed by atoms with van der Waals surface area (Å²) < 4.78 is 16.7. The number of imidazole rings is 2. The van der Waals surface area contributed by atoms with Gasteiger partial charge in [-0.15, -0.1) is 0 Å². The van der Waals surface area contributed by atoms with E-state index in [1.165, 1.54) is 20.1 Å². The average Bonchev–Trinajstić information content (AvgIpc) is 4.08. The standard InChI is InChI=1S/C44H52N8O8.C4H9/c1-21(2)36(49-43(55)56)42(54)52-23(4)8-13-33(52)39-45-18-32(47-39)26-9-11-28-27(15-26)20-60-35-17-29-25(16-30(28)35)10-12-31-38(29)48-40(46-31)34-14-22(3)19-51(34)41(53)37(24(5)58-6)50-44(57)59-7;1-4(2)3/h9-12,15-18,21-24,33-34,36-37,49H,8,13-14,19-20H2,1-7H3,(H,45,47)(H,46,48)(H,50,57)(H,55,56);1-3H3/t22-,23-,24+,33-,34-,36-,37-;/m0./s1. The van der Waals surface area contributed by atoms with E-state index < -0.39 is 30.4 Å². The van der Waals surface area contributed by atoms with E-state index in [-0.39, 0.29) is 41.8 Å². The van der Waals surface area contributed by atoms with Crippen LogP contribution >= 0.6 is 0 Å². The number of nitrogens with zero attached hydrogens (tertiary/aromatic N) is 4. The number of amides is 4. The Labute approximate surface area is 373 Å². The minimum atomic E-state index is -1.22. The molecular formula is C48H61N8O8. The summed E-state index contributed by atoms with van der Waals surface area (Å²) in [4.78, 5) is 71.6. The molecule has 3 aliphatic rings. The molecule has 5 N–H and O–H groups in total. The van der Waals surface area contributed by atoms with Crippen LogP contribution in [0.25, 0.3) is 44.2 Å². The van der Waals surface area contributed by atoms with Gasteiger partial charge < -0.3 is 49.7 Å². The van der Waals surface area contributed by atoms with Crippen molar-refractivity contribution in [2.45, 2.75) is 118 Å². The molecule has 0 saturated carbocycles. The predicted octanol–water partition coefficient (Wildman–Crippen LogP) is 8.30. The Morgan fingerprint density at radius 3 is 2.33 bits per heavy atom. The molecule has 16 heteroatoms. The molecule has 16 nitrogen and oxygen atoms in total. The van der Waals surface area contributed by atoms with Crippen molar-refractivity contribution in [3.63, 3.8) is 0 Å². The van der Waals surface area contributed by atoms with E-state index in [0.717, 1.165) is 68.3 Å². The second kappa shape index (κ2) is 18.9. The molecule has 2 fully saturated rings. The number of methoxy groups -OCH3 is 2. The quantitative estimate of drug-likeness (QED) is 0.0908. The van der Waals surface area contributed by atoms with Crippen LogP contribution in [0.2, 0.25) is 0 Å². The van der Waals surface area contributed by atoms with E-state index in [1.807, 2.05) is 32.9 Å². The number of carbonyl (C=O) groups excluding carboxylic acids is 3. The lowest BCUT2D eigenvalue weighted by molar-refractivity contribution is -0.138. The van der Waals surface area contributed by atoms with Gasteiger partial charge in [0.15, 0.2) is 0 Å². The number of H-pyrrole nitrogens is 2. The number of nitrogens with one attached hydrogen (secondary N) is 4. The Kier molecular flexibility index (Phi) is 13.5. The second-order valence-electron chi connectivity index (χ2n) is 18.3. The summed E-state index contributed by atoms with van der Waals surface area (Å²) in [5.41, 5.74) is 6.42. The third-order valence-corrected chi connectivity index (χ3v) is 12.4. The molecule has 341 valence electrons. The summed E-state index contributed by atoms with van der Waals surface area (Å²) in [5, 5.41) is 16.4. The SMILES string of the molecule is COC(=O)N[C@H](C(=O)N1C[C@@H](C)C[C@H]1c1nc2ccc3cc4c(cc3c2[nH]1)OCc1cc(-c2cnc([C@@H]3CC[C@H](C)N3C(=O)[C@@H](NC(=O)O)C(C)C)[nH]2)ccc1-4)[C@@H](C)OC.C[C](C)C. The van der Waals surface area contributed by atoms with Crippen molar-refractivity contribution >= 4 is 45.8 Å². The van der Waals surface area contributed by atoms with Crippen LogP contribution in [0.3, 0.4) is 0 Å². The fourth-order valence-corrected chi connectivity index (χ4v) is 9.15. The molecular weight excluding hydrogens is 817 g/mol. The molecule has 1 radical (unpaired) electrons. The fraction of sp³-hybridized carbons (Fsp3) is 0.479. The van der Waals surface area contributed by atoms with Gasteiger partial charge in [-0.2, -0.15) is 0 Å². The number of likely N-dealkylation sites (tertiary alicyclic amines) is 2. The van der Waals surface area contributed by atoms with Gasteiger partial charge in [0, 0.05) is 30.6 Å². The summed E-state index contributed by atoms with van der Waals surface area (Å²) in [6, 6.07) is 12.0. The first-order valence-corrected chi connectivity index (χ1v) is 22.0. The van der Waals surface area contributed by atoms with Gasteiger partial charge in [-0.05, 0) is 97.2 Å². The van der Waals surface area contributed by atoms with Crippen LogP contribution in [-0.4, -0.2) is 104 Å². The van der Waals surface area contributed by atoms with Crippen molar-refractivity contribution in [2.24, 2.45) is 11.8 Å². The lowest BCUT2D eigenvalue weighted by Crippen LogP contribution is -2.54. The van der Waals surface area contributed by atoms with E-state index in [0.29, 0.717) is 31.2 Å². The number of carboxylic acid groups (broad SMARTS) is 1. The van der Waals surface area contributed by atoms with Crippen molar-refractivity contribution in [3.8, 4) is 28.1 Å². The molecule has 2 aromatic heterocycles. The number of aromatic nitrogens is 4. The first kappa shape index (κ1) is 45.9. The maximum absolute atomic E-state index is 14.0. The minimum absolute atomic E-state index is 0.0602. The van der Waals surface area contributed by atoms with Gasteiger partial charge in [-0.25, -0.2) is 19.6 Å². The zero-order valence-electron chi connectivity index (χ0n) is 38.4. The fourth-order valence-electron chi connectivity index (χ4n) is 9.15. The molecule has 3 aliphatic heterocycles. The molecule has 0 aliphatic carbocycles. The third-order valence-electron chi connectivity index (χ3n) is 12.4. The Morgan fingerprint density at radius 1 is 0.891 bits per heavy atom. The zero-order chi connectivity index (χ0) is 46.1. The molecule has 5 aromatic rings. The number of alkyl carbamates (subject to hydrolysis) is 1. The molecule has 64 heavy (non-hydrogen) atoms. The number of rotatable bonds is 10. The Morgan fingerprint density at radius 2 is 1.64 bits per heavy atom. The van der Waals surface area contributed by atoms with Crippen LogP contribution in [0, 0.1) is 17.8 Å². The smallest absolute Gasteiger partial charge is 0.407 e. The van der Waals surface area contributed by atoms with Crippen LogP contribution in [-0.2, 0) is 25.7 Å². The van der Waals surface area contributed by atoms with Gasteiger partial charge in [0.2, 0.25) is 11.8 Å². The van der Waals surface area contributed by atoms with Crippen LogP contribution in [0.4, 0.5) is 9.59 Å². The van der Waals surface area contributed by atoms with Crippen LogP contribution in [0.15, 0.2) is 48.7 Å². The third kappa shape index (κ3) is 9.24. The molecule has 4 amide bonds. The predicted molar refractivity (Wildman–Crippen MR) is 243 cm³/mol. The summed E-state index contributed by atoms with van der Waals surface area (Å²) in [7, 11) is 2.76. The van der Waals surface area contributed by atoms with Crippen LogP contribution < -0.4 is 15.4 Å². The van der Waals surface area contributed by atoms with Gasteiger partial charge in [0.05, 0.1) is 48.2 Å². The molecule has 8 rings (SSSR count).